The standard InChI is InChI=1S/C22H22N2O7/c1-4-28-17-8-6-5-7-16(17)22-23-20(31-24-22)12-30-21(26)13-29-18-10-9-15(14(2)25)11-19(18)27-3/h5-11H,4,12-13H2,1-3H3. The largest absolute Gasteiger partial charge is 0.493 e. The zero-order chi connectivity index (χ0) is 22.2. The van der Waals surface area contributed by atoms with Gasteiger partial charge in [-0.25, -0.2) is 4.79 Å². The number of hydrogen-bond donors (Lipinski definition) is 0. The van der Waals surface area contributed by atoms with Gasteiger partial charge in [-0.15, -0.1) is 0 Å². The number of methoxy groups -OCH3 is 1. The molecule has 0 bridgehead atoms. The highest BCUT2D eigenvalue weighted by atomic mass is 16.6. The molecule has 1 heterocycles. The number of carbonyl (C=O) groups is 2. The predicted octanol–water partition coefficient (Wildman–Crippen LogP) is 3.47. The molecular weight excluding hydrogens is 404 g/mol. The summed E-state index contributed by atoms with van der Waals surface area (Å²) in [5, 5.41) is 3.91. The second kappa shape index (κ2) is 10.2. The predicted molar refractivity (Wildman–Crippen MR) is 109 cm³/mol. The summed E-state index contributed by atoms with van der Waals surface area (Å²) in [5.41, 5.74) is 1.15. The Hall–Kier alpha value is -3.88. The van der Waals surface area contributed by atoms with Gasteiger partial charge in [0.05, 0.1) is 19.3 Å². The van der Waals surface area contributed by atoms with Crippen molar-refractivity contribution < 1.29 is 33.1 Å². The Morgan fingerprint density at radius 1 is 1.03 bits per heavy atom. The first-order valence-corrected chi connectivity index (χ1v) is 9.54. The van der Waals surface area contributed by atoms with Gasteiger partial charge < -0.3 is 23.5 Å². The molecule has 31 heavy (non-hydrogen) atoms. The number of ether oxygens (including phenoxy) is 4. The molecule has 0 aliphatic rings. The lowest BCUT2D eigenvalue weighted by Crippen LogP contribution is -2.15. The average Bonchev–Trinajstić information content (AvgIpc) is 3.25. The summed E-state index contributed by atoms with van der Waals surface area (Å²) in [6, 6.07) is 12.0. The maximum atomic E-state index is 12.0. The third kappa shape index (κ3) is 5.59. The van der Waals surface area contributed by atoms with Gasteiger partial charge in [0.15, 0.2) is 30.5 Å². The van der Waals surface area contributed by atoms with Crippen LogP contribution < -0.4 is 14.2 Å². The molecule has 0 aliphatic carbocycles. The van der Waals surface area contributed by atoms with Crippen molar-refractivity contribution >= 4 is 11.8 Å². The van der Waals surface area contributed by atoms with Crippen LogP contribution in [-0.2, 0) is 16.1 Å². The average molecular weight is 426 g/mol. The molecule has 162 valence electrons. The van der Waals surface area contributed by atoms with Crippen molar-refractivity contribution in [3.63, 3.8) is 0 Å². The van der Waals surface area contributed by atoms with Crippen LogP contribution in [-0.4, -0.2) is 42.2 Å². The van der Waals surface area contributed by atoms with Gasteiger partial charge in [0.1, 0.15) is 5.75 Å². The highest BCUT2D eigenvalue weighted by Gasteiger charge is 2.15. The maximum Gasteiger partial charge on any atom is 0.344 e. The summed E-state index contributed by atoms with van der Waals surface area (Å²) < 4.78 is 26.5. The highest BCUT2D eigenvalue weighted by Crippen LogP contribution is 2.29. The molecule has 1 aromatic heterocycles. The van der Waals surface area contributed by atoms with E-state index in [-0.39, 0.29) is 24.9 Å². The molecule has 0 aliphatic heterocycles. The molecular formula is C22H22N2O7. The van der Waals surface area contributed by atoms with E-state index in [1.807, 2.05) is 31.2 Å². The van der Waals surface area contributed by atoms with Crippen LogP contribution in [0.4, 0.5) is 0 Å². The molecule has 3 aromatic rings. The first-order chi connectivity index (χ1) is 15.0. The van der Waals surface area contributed by atoms with Crippen molar-refractivity contribution in [1.29, 1.82) is 0 Å². The number of para-hydroxylation sites is 1. The number of esters is 1. The number of ketones is 1. The Balaban J connectivity index is 1.56. The molecule has 3 rings (SSSR count). The Morgan fingerprint density at radius 2 is 1.84 bits per heavy atom. The Labute approximate surface area is 178 Å². The number of nitrogens with zero attached hydrogens (tertiary/aromatic N) is 2. The van der Waals surface area contributed by atoms with Gasteiger partial charge in [-0.3, -0.25) is 4.79 Å². The van der Waals surface area contributed by atoms with Gasteiger partial charge in [0.25, 0.3) is 5.89 Å². The Kier molecular flexibility index (Phi) is 7.21. The lowest BCUT2D eigenvalue weighted by molar-refractivity contribution is -0.148. The third-order valence-electron chi connectivity index (χ3n) is 4.17. The van der Waals surface area contributed by atoms with Crippen LogP contribution in [0, 0.1) is 0 Å². The third-order valence-corrected chi connectivity index (χ3v) is 4.17. The van der Waals surface area contributed by atoms with Crippen LogP contribution in [0.3, 0.4) is 0 Å². The lowest BCUT2D eigenvalue weighted by atomic mass is 10.1. The van der Waals surface area contributed by atoms with Crippen molar-refractivity contribution in [1.82, 2.24) is 10.1 Å². The Bertz CT molecular complexity index is 1060. The maximum absolute atomic E-state index is 12.0. The molecule has 0 spiro atoms. The van der Waals surface area contributed by atoms with E-state index in [1.165, 1.54) is 14.0 Å². The van der Waals surface area contributed by atoms with Crippen molar-refractivity contribution in [2.24, 2.45) is 0 Å². The van der Waals surface area contributed by atoms with Crippen molar-refractivity contribution in [2.75, 3.05) is 20.3 Å². The molecule has 0 saturated carbocycles. The summed E-state index contributed by atoms with van der Waals surface area (Å²) >= 11 is 0. The second-order valence-electron chi connectivity index (χ2n) is 6.31. The molecule has 0 N–H and O–H groups in total. The van der Waals surface area contributed by atoms with E-state index in [2.05, 4.69) is 10.1 Å². The van der Waals surface area contributed by atoms with Crippen LogP contribution in [0.2, 0.25) is 0 Å². The van der Waals surface area contributed by atoms with Crippen molar-refractivity contribution in [2.45, 2.75) is 20.5 Å². The molecule has 9 heteroatoms. The minimum absolute atomic E-state index is 0.105. The highest BCUT2D eigenvalue weighted by molar-refractivity contribution is 5.94. The van der Waals surface area contributed by atoms with E-state index in [1.54, 1.807) is 18.2 Å². The molecule has 2 aromatic carbocycles. The van der Waals surface area contributed by atoms with Crippen LogP contribution in [0.5, 0.6) is 17.2 Å². The number of hydrogen-bond acceptors (Lipinski definition) is 9. The monoisotopic (exact) mass is 426 g/mol. The van der Waals surface area contributed by atoms with Crippen molar-refractivity contribution in [3.8, 4) is 28.6 Å². The number of Topliss-reactive ketones (excluding diaryl/α,β-unsaturated/α-hetero) is 1. The van der Waals surface area contributed by atoms with Crippen LogP contribution in [0.15, 0.2) is 47.0 Å². The fourth-order valence-corrected chi connectivity index (χ4v) is 2.68. The molecule has 0 amide bonds. The van der Waals surface area contributed by atoms with E-state index in [9.17, 15) is 9.59 Å². The molecule has 0 saturated heterocycles. The van der Waals surface area contributed by atoms with E-state index in [0.29, 0.717) is 40.8 Å². The summed E-state index contributed by atoms with van der Waals surface area (Å²) in [4.78, 5) is 27.7. The summed E-state index contributed by atoms with van der Waals surface area (Å²) in [7, 11) is 1.45. The molecule has 0 unspecified atom stereocenters. The van der Waals surface area contributed by atoms with Gasteiger partial charge in [-0.05, 0) is 44.2 Å². The number of benzene rings is 2. The molecule has 0 radical (unpaired) electrons. The van der Waals surface area contributed by atoms with E-state index >= 15 is 0 Å². The van der Waals surface area contributed by atoms with Gasteiger partial charge in [0.2, 0.25) is 5.82 Å². The fourth-order valence-electron chi connectivity index (χ4n) is 2.68. The number of aromatic nitrogens is 2. The van der Waals surface area contributed by atoms with Crippen LogP contribution in [0.25, 0.3) is 11.4 Å². The molecule has 0 atom stereocenters. The smallest absolute Gasteiger partial charge is 0.344 e. The SMILES string of the molecule is CCOc1ccccc1-c1noc(COC(=O)COc2ccc(C(C)=O)cc2OC)n1. The zero-order valence-corrected chi connectivity index (χ0v) is 17.4. The van der Waals surface area contributed by atoms with Gasteiger partial charge in [-0.2, -0.15) is 4.98 Å². The number of rotatable bonds is 10. The quantitative estimate of drug-likeness (QED) is 0.355. The van der Waals surface area contributed by atoms with Crippen LogP contribution >= 0.6 is 0 Å². The topological polar surface area (TPSA) is 110 Å². The van der Waals surface area contributed by atoms with Gasteiger partial charge in [0, 0.05) is 5.56 Å². The molecule has 9 nitrogen and oxygen atoms in total. The summed E-state index contributed by atoms with van der Waals surface area (Å²) in [6.07, 6.45) is 0. The first-order valence-electron chi connectivity index (χ1n) is 9.54. The van der Waals surface area contributed by atoms with E-state index < -0.39 is 5.97 Å². The van der Waals surface area contributed by atoms with Crippen molar-refractivity contribution in [3.05, 3.63) is 53.9 Å². The minimum atomic E-state index is -0.632. The zero-order valence-electron chi connectivity index (χ0n) is 17.4. The van der Waals surface area contributed by atoms with Crippen LogP contribution in [0.1, 0.15) is 30.1 Å². The van der Waals surface area contributed by atoms with Gasteiger partial charge >= 0.3 is 5.97 Å². The Morgan fingerprint density at radius 3 is 2.58 bits per heavy atom. The second-order valence-corrected chi connectivity index (χ2v) is 6.31. The minimum Gasteiger partial charge on any atom is -0.493 e. The number of carbonyl (C=O) groups excluding carboxylic acids is 2. The summed E-state index contributed by atoms with van der Waals surface area (Å²) in [5.74, 6) is 1.03. The molecule has 0 fully saturated rings. The lowest BCUT2D eigenvalue weighted by Gasteiger charge is -2.11. The van der Waals surface area contributed by atoms with Gasteiger partial charge in [-0.1, -0.05) is 17.3 Å². The first kappa shape index (κ1) is 21.8. The van der Waals surface area contributed by atoms with E-state index in [4.69, 9.17) is 23.5 Å². The van der Waals surface area contributed by atoms with E-state index in [0.717, 1.165) is 0 Å². The normalized spacial score (nSPS) is 10.4. The fraction of sp³-hybridized carbons (Fsp3) is 0.273. The summed E-state index contributed by atoms with van der Waals surface area (Å²) in [6.45, 7) is 3.27.